The number of hydrogen-bond donors (Lipinski definition) is 4. The topological polar surface area (TPSA) is 151 Å². The highest BCUT2D eigenvalue weighted by Gasteiger charge is 2.41. The Bertz CT molecular complexity index is 1560. The first-order valence-electron chi connectivity index (χ1n) is 15.5. The molecule has 3 unspecified atom stereocenters. The van der Waals surface area contributed by atoms with Crippen molar-refractivity contribution in [3.8, 4) is 0 Å². The van der Waals surface area contributed by atoms with Crippen LogP contribution in [0.1, 0.15) is 72.1 Å². The number of likely N-dealkylation sites (N-methyl/N-ethyl adjacent to an activating group) is 2. The van der Waals surface area contributed by atoms with Crippen LogP contribution >= 0.6 is 0 Å². The number of amides is 3. The Morgan fingerprint density at radius 3 is 1.98 bits per heavy atom. The number of benzene rings is 2. The lowest BCUT2D eigenvalue weighted by Gasteiger charge is -2.40. The van der Waals surface area contributed by atoms with Gasteiger partial charge in [0.2, 0.25) is 11.8 Å². The second kappa shape index (κ2) is 14.8. The van der Waals surface area contributed by atoms with E-state index in [1.165, 1.54) is 24.0 Å². The molecule has 0 fully saturated rings. The second-order valence-electron chi connectivity index (χ2n) is 14.0. The number of anilines is 1. The van der Waals surface area contributed by atoms with Crippen LogP contribution in [0.5, 0.6) is 0 Å². The maximum Gasteiger partial charge on any atom is 0.264 e. The van der Waals surface area contributed by atoms with Crippen molar-refractivity contribution in [1.29, 1.82) is 0 Å². The molecule has 0 saturated heterocycles. The predicted molar refractivity (Wildman–Crippen MR) is 185 cm³/mol. The molecule has 0 aliphatic carbocycles. The van der Waals surface area contributed by atoms with Crippen molar-refractivity contribution in [3.63, 3.8) is 0 Å². The maximum absolute atomic E-state index is 14.1. The molecule has 0 aromatic heterocycles. The molecule has 0 radical (unpaired) electrons. The molecule has 0 heterocycles. The zero-order chi connectivity index (χ0) is 35.4. The van der Waals surface area contributed by atoms with E-state index in [0.717, 1.165) is 5.56 Å². The number of rotatable bonds is 12. The summed E-state index contributed by atoms with van der Waals surface area (Å²) in [6.07, 6.45) is 1.59. The van der Waals surface area contributed by atoms with Gasteiger partial charge in [-0.1, -0.05) is 84.9 Å². The molecular weight excluding hydrogens is 602 g/mol. The fraction of sp³-hybridized carbons (Fsp3) is 0.514. The largest absolute Gasteiger partial charge is 0.399 e. The van der Waals surface area contributed by atoms with E-state index in [4.69, 9.17) is 5.73 Å². The number of carbonyl (C=O) groups is 3. The van der Waals surface area contributed by atoms with Crippen LogP contribution in [-0.4, -0.2) is 63.3 Å². The summed E-state index contributed by atoms with van der Waals surface area (Å²) >= 11 is 0. The van der Waals surface area contributed by atoms with Crippen molar-refractivity contribution < 1.29 is 22.8 Å². The van der Waals surface area contributed by atoms with Gasteiger partial charge >= 0.3 is 0 Å². The first kappa shape index (κ1) is 38.5. The standard InChI is InChI=1S/C35H53N5O5S/c1-21(2)27(20-22(3)31(41)39-46(44,45)28-19-18-26(36)23(4)24(28)5)40(12)33(43)30(34(6,7)8)38-32(42)29(37-11)35(9,10)25-16-14-13-15-17-25/h13-21,27,29-30,37H,36H2,1-12H3,(H,38,42)(H,39,41)/b22-20+. The zero-order valence-corrected chi connectivity index (χ0v) is 30.2. The molecule has 3 atom stereocenters. The van der Waals surface area contributed by atoms with Gasteiger partial charge in [0.25, 0.3) is 15.9 Å². The summed E-state index contributed by atoms with van der Waals surface area (Å²) in [5.41, 5.74) is 7.29. The van der Waals surface area contributed by atoms with Gasteiger partial charge < -0.3 is 21.3 Å². The van der Waals surface area contributed by atoms with Crippen LogP contribution in [0.4, 0.5) is 5.69 Å². The summed E-state index contributed by atoms with van der Waals surface area (Å²) in [7, 11) is -0.840. The fourth-order valence-corrected chi connectivity index (χ4v) is 6.85. The molecule has 2 aromatic rings. The average Bonchev–Trinajstić information content (AvgIpc) is 2.96. The van der Waals surface area contributed by atoms with Crippen LogP contribution < -0.4 is 21.1 Å². The van der Waals surface area contributed by atoms with Crippen molar-refractivity contribution in [1.82, 2.24) is 20.3 Å². The normalized spacial score (nSPS) is 14.8. The molecule has 5 N–H and O–H groups in total. The van der Waals surface area contributed by atoms with Gasteiger partial charge in [0.05, 0.1) is 17.0 Å². The minimum Gasteiger partial charge on any atom is -0.399 e. The number of nitrogens with two attached hydrogens (primary N) is 1. The highest BCUT2D eigenvalue weighted by atomic mass is 32.2. The van der Waals surface area contributed by atoms with Gasteiger partial charge in [0, 0.05) is 23.7 Å². The van der Waals surface area contributed by atoms with Gasteiger partial charge in [-0.2, -0.15) is 0 Å². The van der Waals surface area contributed by atoms with Gasteiger partial charge in [-0.3, -0.25) is 14.4 Å². The van der Waals surface area contributed by atoms with Gasteiger partial charge in [-0.25, -0.2) is 13.1 Å². The Hall–Kier alpha value is -3.70. The number of nitrogens with zero attached hydrogens (tertiary/aromatic N) is 1. The van der Waals surface area contributed by atoms with E-state index >= 15 is 0 Å². The van der Waals surface area contributed by atoms with Crippen LogP contribution in [0.15, 0.2) is 59.0 Å². The first-order chi connectivity index (χ1) is 21.1. The van der Waals surface area contributed by atoms with Crippen LogP contribution in [0, 0.1) is 25.2 Å². The van der Waals surface area contributed by atoms with Crippen molar-refractivity contribution in [3.05, 3.63) is 70.8 Å². The van der Waals surface area contributed by atoms with E-state index in [1.54, 1.807) is 34.0 Å². The smallest absolute Gasteiger partial charge is 0.264 e. The van der Waals surface area contributed by atoms with Gasteiger partial charge in [0.15, 0.2) is 0 Å². The molecule has 0 saturated carbocycles. The second-order valence-corrected chi connectivity index (χ2v) is 15.6. The van der Waals surface area contributed by atoms with E-state index in [9.17, 15) is 22.8 Å². The number of carbonyl (C=O) groups excluding carboxylic acids is 3. The third-order valence-electron chi connectivity index (χ3n) is 8.74. The molecular formula is C35H53N5O5S. The van der Waals surface area contributed by atoms with Crippen LogP contribution in [-0.2, 0) is 29.8 Å². The Morgan fingerprint density at radius 1 is 0.913 bits per heavy atom. The summed E-state index contributed by atoms with van der Waals surface area (Å²) in [6.45, 7) is 18.3. The number of sulfonamides is 1. The molecule has 3 amide bonds. The highest BCUT2D eigenvalue weighted by Crippen LogP contribution is 2.29. The summed E-state index contributed by atoms with van der Waals surface area (Å²) < 4.78 is 28.4. The summed E-state index contributed by atoms with van der Waals surface area (Å²) in [6, 6.07) is 10.5. The molecule has 0 aliphatic heterocycles. The quantitative estimate of drug-likeness (QED) is 0.198. The van der Waals surface area contributed by atoms with Gasteiger partial charge in [0.1, 0.15) is 6.04 Å². The molecule has 10 nitrogen and oxygen atoms in total. The number of nitrogens with one attached hydrogen (secondary N) is 3. The first-order valence-corrected chi connectivity index (χ1v) is 17.0. The lowest BCUT2D eigenvalue weighted by molar-refractivity contribution is -0.140. The SMILES string of the molecule is CNC(C(=O)NC(C(=O)N(C)C(/C=C(\C)C(=O)NS(=O)(=O)c1ccc(N)c(C)c1C)C(C)C)C(C)(C)C)C(C)(C)c1ccccc1. The fourth-order valence-electron chi connectivity index (χ4n) is 5.53. The third kappa shape index (κ3) is 8.76. The zero-order valence-electron chi connectivity index (χ0n) is 29.4. The van der Waals surface area contributed by atoms with Gasteiger partial charge in [-0.15, -0.1) is 0 Å². The Kier molecular flexibility index (Phi) is 12.4. The summed E-state index contributed by atoms with van der Waals surface area (Å²) in [5, 5.41) is 6.16. The van der Waals surface area contributed by atoms with E-state index in [-0.39, 0.29) is 28.2 Å². The van der Waals surface area contributed by atoms with Crippen molar-refractivity contribution >= 4 is 33.4 Å². The highest BCUT2D eigenvalue weighted by molar-refractivity contribution is 7.90. The number of hydrogen-bond acceptors (Lipinski definition) is 7. The van der Waals surface area contributed by atoms with Crippen LogP contribution in [0.3, 0.4) is 0 Å². The monoisotopic (exact) mass is 655 g/mol. The number of nitrogen functional groups attached to an aromatic ring is 1. The van der Waals surface area contributed by atoms with E-state index < -0.39 is 44.9 Å². The molecule has 0 aliphatic rings. The average molecular weight is 656 g/mol. The lowest BCUT2D eigenvalue weighted by Crippen LogP contribution is -2.61. The maximum atomic E-state index is 14.1. The van der Waals surface area contributed by atoms with E-state index in [0.29, 0.717) is 16.8 Å². The lowest BCUT2D eigenvalue weighted by atomic mass is 9.76. The van der Waals surface area contributed by atoms with E-state index in [1.807, 2.05) is 78.8 Å². The van der Waals surface area contributed by atoms with Gasteiger partial charge in [-0.05, 0) is 68.0 Å². The molecule has 2 rings (SSSR count). The van der Waals surface area contributed by atoms with E-state index in [2.05, 4.69) is 15.4 Å². The van der Waals surface area contributed by atoms with Crippen LogP contribution in [0.2, 0.25) is 0 Å². The van der Waals surface area contributed by atoms with Crippen LogP contribution in [0.25, 0.3) is 0 Å². The van der Waals surface area contributed by atoms with Crippen molar-refractivity contribution in [2.24, 2.45) is 11.3 Å². The third-order valence-corrected chi connectivity index (χ3v) is 10.2. The summed E-state index contributed by atoms with van der Waals surface area (Å²) in [5.74, 6) is -1.60. The van der Waals surface area contributed by atoms with Crippen molar-refractivity contribution in [2.75, 3.05) is 19.8 Å². The molecule has 0 bridgehead atoms. The Morgan fingerprint density at radius 2 is 1.48 bits per heavy atom. The summed E-state index contributed by atoms with van der Waals surface area (Å²) in [4.78, 5) is 42.5. The minimum atomic E-state index is -4.19. The Labute approximate surface area is 275 Å². The molecule has 2 aromatic carbocycles. The predicted octanol–water partition coefficient (Wildman–Crippen LogP) is 4.22. The molecule has 254 valence electrons. The molecule has 46 heavy (non-hydrogen) atoms. The van der Waals surface area contributed by atoms with Crippen molar-refractivity contribution in [2.45, 2.75) is 97.7 Å². The Balaban J connectivity index is 2.36. The molecule has 0 spiro atoms. The molecule has 11 heteroatoms. The minimum absolute atomic E-state index is 0.0351.